The van der Waals surface area contributed by atoms with Gasteiger partial charge in [0.25, 0.3) is 0 Å². The Bertz CT molecular complexity index is 445. The number of rotatable bonds is 8. The highest BCUT2D eigenvalue weighted by molar-refractivity contribution is 5.74. The topological polar surface area (TPSA) is 92.9 Å². The average molecular weight is 263 g/mol. The van der Waals surface area contributed by atoms with Crippen molar-refractivity contribution in [1.29, 1.82) is 0 Å². The van der Waals surface area contributed by atoms with Crippen LogP contribution in [0.3, 0.4) is 0 Å². The van der Waals surface area contributed by atoms with Crippen LogP contribution in [0.1, 0.15) is 44.3 Å². The molecule has 0 bridgehead atoms. The molecule has 1 saturated carbocycles. The van der Waals surface area contributed by atoms with Crippen molar-refractivity contribution in [3.63, 3.8) is 0 Å². The first-order valence-corrected chi connectivity index (χ1v) is 6.84. The van der Waals surface area contributed by atoms with Gasteiger partial charge in [0.15, 0.2) is 0 Å². The van der Waals surface area contributed by atoms with Gasteiger partial charge in [-0.2, -0.15) is 0 Å². The van der Waals surface area contributed by atoms with E-state index in [-0.39, 0.29) is 5.91 Å². The van der Waals surface area contributed by atoms with Crippen LogP contribution in [-0.4, -0.2) is 29.0 Å². The van der Waals surface area contributed by atoms with Crippen LogP contribution >= 0.6 is 0 Å². The number of amides is 1. The third-order valence-corrected chi connectivity index (χ3v) is 2.92. The minimum Gasteiger partial charge on any atom is -0.370 e. The molecule has 1 aliphatic carbocycles. The van der Waals surface area contributed by atoms with E-state index in [9.17, 15) is 4.79 Å². The molecule has 19 heavy (non-hydrogen) atoms. The summed E-state index contributed by atoms with van der Waals surface area (Å²) >= 11 is 0. The first kappa shape index (κ1) is 13.6. The maximum atomic E-state index is 10.7. The first-order chi connectivity index (χ1) is 9.19. The molecule has 0 spiro atoms. The molecule has 1 heterocycles. The van der Waals surface area contributed by atoms with E-state index in [1.807, 2.05) is 6.07 Å². The van der Waals surface area contributed by atoms with Crippen molar-refractivity contribution in [2.75, 3.05) is 23.7 Å². The molecule has 1 aromatic heterocycles. The number of carbonyl (C=O) groups is 1. The van der Waals surface area contributed by atoms with E-state index in [1.165, 1.54) is 0 Å². The lowest BCUT2D eigenvalue weighted by molar-refractivity contribution is -0.117. The largest absolute Gasteiger partial charge is 0.370 e. The van der Waals surface area contributed by atoms with Gasteiger partial charge in [0, 0.05) is 31.5 Å². The van der Waals surface area contributed by atoms with Crippen LogP contribution in [0, 0.1) is 0 Å². The Hall–Kier alpha value is -1.85. The third-order valence-electron chi connectivity index (χ3n) is 2.92. The van der Waals surface area contributed by atoms with Gasteiger partial charge in [-0.25, -0.2) is 9.97 Å². The Labute approximate surface area is 113 Å². The van der Waals surface area contributed by atoms with Gasteiger partial charge < -0.3 is 16.4 Å². The second kappa shape index (κ2) is 6.36. The summed E-state index contributed by atoms with van der Waals surface area (Å²) in [5.74, 6) is 2.69. The minimum atomic E-state index is -0.312. The Morgan fingerprint density at radius 1 is 1.32 bits per heavy atom. The van der Waals surface area contributed by atoms with Gasteiger partial charge in [0.2, 0.25) is 5.91 Å². The van der Waals surface area contributed by atoms with Gasteiger partial charge in [0.05, 0.1) is 0 Å². The van der Waals surface area contributed by atoms with Gasteiger partial charge in [-0.05, 0) is 19.3 Å². The SMILES string of the molecule is CCCNc1cc(NCCC(N)=O)nc(C2CC2)n1. The summed E-state index contributed by atoms with van der Waals surface area (Å²) in [7, 11) is 0. The molecule has 6 nitrogen and oxygen atoms in total. The predicted molar refractivity (Wildman–Crippen MR) is 75.1 cm³/mol. The van der Waals surface area contributed by atoms with Crippen molar-refractivity contribution in [2.24, 2.45) is 5.73 Å². The number of nitrogens with zero attached hydrogens (tertiary/aromatic N) is 2. The molecule has 0 radical (unpaired) electrons. The Balaban J connectivity index is 2.02. The number of hydrogen-bond donors (Lipinski definition) is 3. The zero-order valence-electron chi connectivity index (χ0n) is 11.3. The van der Waals surface area contributed by atoms with Crippen molar-refractivity contribution in [1.82, 2.24) is 9.97 Å². The van der Waals surface area contributed by atoms with Crippen LogP contribution in [0.2, 0.25) is 0 Å². The summed E-state index contributed by atoms with van der Waals surface area (Å²) in [6, 6.07) is 1.88. The van der Waals surface area contributed by atoms with Crippen LogP contribution < -0.4 is 16.4 Å². The zero-order valence-corrected chi connectivity index (χ0v) is 11.3. The highest BCUT2D eigenvalue weighted by atomic mass is 16.1. The molecule has 1 aliphatic rings. The maximum absolute atomic E-state index is 10.7. The number of anilines is 2. The standard InChI is InChI=1S/C13H21N5O/c1-2-6-15-11-8-12(16-7-5-10(14)19)18-13(17-11)9-3-4-9/h8-9H,2-7H2,1H3,(H2,14,19)(H2,15,16,17,18). The van der Waals surface area contributed by atoms with Gasteiger partial charge in [-0.3, -0.25) is 4.79 Å². The zero-order chi connectivity index (χ0) is 13.7. The molecule has 2 rings (SSSR count). The molecule has 1 fully saturated rings. The fourth-order valence-electron chi connectivity index (χ4n) is 1.74. The maximum Gasteiger partial charge on any atom is 0.219 e. The molecular weight excluding hydrogens is 242 g/mol. The number of hydrogen-bond acceptors (Lipinski definition) is 5. The van der Waals surface area contributed by atoms with Crippen molar-refractivity contribution >= 4 is 17.5 Å². The lowest BCUT2D eigenvalue weighted by Crippen LogP contribution is -2.16. The van der Waals surface area contributed by atoms with Gasteiger partial charge in [-0.15, -0.1) is 0 Å². The van der Waals surface area contributed by atoms with E-state index in [0.29, 0.717) is 18.9 Å². The number of aromatic nitrogens is 2. The van der Waals surface area contributed by atoms with E-state index in [0.717, 1.165) is 43.3 Å². The van der Waals surface area contributed by atoms with E-state index >= 15 is 0 Å². The molecular formula is C13H21N5O. The van der Waals surface area contributed by atoms with Crippen LogP contribution in [0.4, 0.5) is 11.6 Å². The third kappa shape index (κ3) is 4.39. The van der Waals surface area contributed by atoms with E-state index in [4.69, 9.17) is 5.73 Å². The molecule has 104 valence electrons. The summed E-state index contributed by atoms with van der Waals surface area (Å²) in [6.07, 6.45) is 3.68. The fraction of sp³-hybridized carbons (Fsp3) is 0.615. The summed E-state index contributed by atoms with van der Waals surface area (Å²) in [4.78, 5) is 19.7. The summed E-state index contributed by atoms with van der Waals surface area (Å²) < 4.78 is 0. The molecule has 0 aromatic carbocycles. The Morgan fingerprint density at radius 3 is 2.47 bits per heavy atom. The monoisotopic (exact) mass is 263 g/mol. The van der Waals surface area contributed by atoms with Gasteiger partial charge >= 0.3 is 0 Å². The number of primary amides is 1. The van der Waals surface area contributed by atoms with Crippen LogP contribution in [0.25, 0.3) is 0 Å². The molecule has 0 atom stereocenters. The second-order valence-corrected chi connectivity index (χ2v) is 4.84. The summed E-state index contributed by atoms with van der Waals surface area (Å²) in [5, 5.41) is 6.40. The molecule has 6 heteroatoms. The molecule has 0 saturated heterocycles. The summed E-state index contributed by atoms with van der Waals surface area (Å²) in [5.41, 5.74) is 5.12. The molecule has 0 unspecified atom stereocenters. The molecule has 1 aromatic rings. The summed E-state index contributed by atoms with van der Waals surface area (Å²) in [6.45, 7) is 3.51. The molecule has 1 amide bonds. The van der Waals surface area contributed by atoms with Crippen molar-refractivity contribution < 1.29 is 4.79 Å². The lowest BCUT2D eigenvalue weighted by Gasteiger charge is -2.10. The van der Waals surface area contributed by atoms with Gasteiger partial charge in [-0.1, -0.05) is 6.92 Å². The van der Waals surface area contributed by atoms with E-state index in [1.54, 1.807) is 0 Å². The smallest absolute Gasteiger partial charge is 0.219 e. The Kier molecular flexibility index (Phi) is 4.54. The van der Waals surface area contributed by atoms with Crippen molar-refractivity contribution in [3.8, 4) is 0 Å². The normalized spacial score (nSPS) is 14.2. The lowest BCUT2D eigenvalue weighted by atomic mass is 10.3. The fourth-order valence-corrected chi connectivity index (χ4v) is 1.74. The predicted octanol–water partition coefficient (Wildman–Crippen LogP) is 1.46. The van der Waals surface area contributed by atoms with Gasteiger partial charge in [0.1, 0.15) is 17.5 Å². The quantitative estimate of drug-likeness (QED) is 0.660. The highest BCUT2D eigenvalue weighted by Gasteiger charge is 2.27. The molecule has 4 N–H and O–H groups in total. The van der Waals surface area contributed by atoms with Crippen molar-refractivity contribution in [2.45, 2.75) is 38.5 Å². The Morgan fingerprint density at radius 2 is 1.95 bits per heavy atom. The number of carbonyl (C=O) groups excluding carboxylic acids is 1. The average Bonchev–Trinajstić information content (AvgIpc) is 3.20. The number of nitrogens with one attached hydrogen (secondary N) is 2. The second-order valence-electron chi connectivity index (χ2n) is 4.84. The molecule has 0 aliphatic heterocycles. The van der Waals surface area contributed by atoms with Crippen LogP contribution in [0.15, 0.2) is 6.07 Å². The van der Waals surface area contributed by atoms with E-state index < -0.39 is 0 Å². The minimum absolute atomic E-state index is 0.306. The van der Waals surface area contributed by atoms with Crippen molar-refractivity contribution in [3.05, 3.63) is 11.9 Å². The van der Waals surface area contributed by atoms with Crippen LogP contribution in [-0.2, 0) is 4.79 Å². The number of nitrogens with two attached hydrogens (primary N) is 1. The van der Waals surface area contributed by atoms with E-state index in [2.05, 4.69) is 27.5 Å². The first-order valence-electron chi connectivity index (χ1n) is 6.84. The van der Waals surface area contributed by atoms with Crippen LogP contribution in [0.5, 0.6) is 0 Å². The highest BCUT2D eigenvalue weighted by Crippen LogP contribution is 2.38.